The molecule has 2 fully saturated rings. The Kier molecular flexibility index (Phi) is 5.60. The molecule has 1 N–H and O–H groups in total. The minimum absolute atomic E-state index is 0.235. The first-order chi connectivity index (χ1) is 15.9. The van der Waals surface area contributed by atoms with E-state index in [1.54, 1.807) is 21.9 Å². The molecule has 2 heterocycles. The molecule has 2 amide bonds. The van der Waals surface area contributed by atoms with Gasteiger partial charge in [0.05, 0.1) is 0 Å². The molecule has 5 rings (SSSR count). The quantitative estimate of drug-likeness (QED) is 0.776. The summed E-state index contributed by atoms with van der Waals surface area (Å²) in [6.45, 7) is 5.69. The lowest BCUT2D eigenvalue weighted by Gasteiger charge is -2.35. The third kappa shape index (κ3) is 4.10. The minimum Gasteiger partial charge on any atom is -0.380 e. The minimum atomic E-state index is -1.18. The Morgan fingerprint density at radius 1 is 1.00 bits per heavy atom. The topological polar surface area (TPSA) is 64.1 Å². The van der Waals surface area contributed by atoms with Crippen LogP contribution in [-0.4, -0.2) is 71.6 Å². The Morgan fingerprint density at radius 3 is 2.39 bits per heavy atom. The molecule has 33 heavy (non-hydrogen) atoms. The number of fused-ring (bicyclic) bond motifs is 1. The molecular weight excluding hydrogens is 421 g/mol. The van der Waals surface area contributed by atoms with Crippen LogP contribution in [0.15, 0.2) is 36.4 Å². The summed E-state index contributed by atoms with van der Waals surface area (Å²) in [6, 6.07) is 10.8. The molecular formula is C26H30FN3O3. The number of nitrogens with zero attached hydrogens (tertiary/aromatic N) is 3. The maximum absolute atomic E-state index is 15.1. The molecule has 0 atom stereocenters. The molecule has 0 spiro atoms. The molecule has 1 saturated carbocycles. The van der Waals surface area contributed by atoms with Crippen LogP contribution in [-0.2, 0) is 11.2 Å². The molecule has 174 valence electrons. The van der Waals surface area contributed by atoms with Crippen LogP contribution in [0.3, 0.4) is 0 Å². The molecule has 3 aliphatic rings. The van der Waals surface area contributed by atoms with E-state index in [0.29, 0.717) is 50.1 Å². The van der Waals surface area contributed by atoms with E-state index in [1.165, 1.54) is 17.3 Å². The fourth-order valence-corrected chi connectivity index (χ4v) is 4.98. The number of anilines is 1. The number of hydrogen-bond donors (Lipinski definition) is 1. The first-order valence-electron chi connectivity index (χ1n) is 11.9. The molecule has 0 radical (unpaired) electrons. The Bertz CT molecular complexity index is 1090. The highest BCUT2D eigenvalue weighted by atomic mass is 19.1. The number of rotatable bonds is 4. The summed E-state index contributed by atoms with van der Waals surface area (Å²) in [5, 5.41) is 10.0. The van der Waals surface area contributed by atoms with E-state index in [0.717, 1.165) is 31.5 Å². The number of hydrogen-bond acceptors (Lipinski definition) is 4. The van der Waals surface area contributed by atoms with Gasteiger partial charge in [0.1, 0.15) is 11.4 Å². The van der Waals surface area contributed by atoms with E-state index in [2.05, 4.69) is 24.0 Å². The summed E-state index contributed by atoms with van der Waals surface area (Å²) in [5.41, 5.74) is 2.92. The van der Waals surface area contributed by atoms with Crippen molar-refractivity contribution in [3.63, 3.8) is 0 Å². The van der Waals surface area contributed by atoms with Gasteiger partial charge in [-0.3, -0.25) is 9.59 Å². The van der Waals surface area contributed by atoms with Crippen LogP contribution in [0.1, 0.15) is 42.1 Å². The van der Waals surface area contributed by atoms with E-state index in [-0.39, 0.29) is 11.8 Å². The molecule has 2 aliphatic heterocycles. The average molecular weight is 452 g/mol. The highest BCUT2D eigenvalue weighted by Gasteiger charge is 2.50. The Hall–Kier alpha value is -2.93. The number of benzene rings is 2. The molecule has 1 saturated heterocycles. The Morgan fingerprint density at radius 2 is 1.73 bits per heavy atom. The van der Waals surface area contributed by atoms with Gasteiger partial charge in [-0.15, -0.1) is 0 Å². The van der Waals surface area contributed by atoms with Gasteiger partial charge in [-0.1, -0.05) is 12.1 Å². The van der Waals surface area contributed by atoms with Crippen molar-refractivity contribution in [2.45, 2.75) is 38.2 Å². The summed E-state index contributed by atoms with van der Waals surface area (Å²) in [5.74, 6) is -0.882. The summed E-state index contributed by atoms with van der Waals surface area (Å²) < 4.78 is 15.1. The van der Waals surface area contributed by atoms with Crippen molar-refractivity contribution in [1.82, 2.24) is 9.80 Å². The lowest BCUT2D eigenvalue weighted by Crippen LogP contribution is -2.53. The number of carbonyl (C=O) groups is 2. The highest BCUT2D eigenvalue weighted by molar-refractivity contribution is 5.95. The van der Waals surface area contributed by atoms with Crippen molar-refractivity contribution in [3.05, 3.63) is 53.3 Å². The lowest BCUT2D eigenvalue weighted by molar-refractivity contribution is -0.143. The van der Waals surface area contributed by atoms with Gasteiger partial charge >= 0.3 is 0 Å². The van der Waals surface area contributed by atoms with Crippen LogP contribution in [0.5, 0.6) is 0 Å². The van der Waals surface area contributed by atoms with Crippen LogP contribution in [0.2, 0.25) is 0 Å². The van der Waals surface area contributed by atoms with Gasteiger partial charge in [0.2, 0.25) is 0 Å². The van der Waals surface area contributed by atoms with Crippen LogP contribution < -0.4 is 4.90 Å². The van der Waals surface area contributed by atoms with Gasteiger partial charge in [-0.2, -0.15) is 0 Å². The average Bonchev–Trinajstić information content (AvgIpc) is 3.60. The summed E-state index contributed by atoms with van der Waals surface area (Å²) in [7, 11) is 0. The van der Waals surface area contributed by atoms with Crippen LogP contribution >= 0.6 is 0 Å². The predicted molar refractivity (Wildman–Crippen MR) is 125 cm³/mol. The zero-order valence-electron chi connectivity index (χ0n) is 19.0. The molecule has 0 bridgehead atoms. The van der Waals surface area contributed by atoms with Crippen LogP contribution in [0, 0.1) is 5.82 Å². The number of aryl methyl sites for hydroxylation is 1. The van der Waals surface area contributed by atoms with Crippen molar-refractivity contribution >= 4 is 17.5 Å². The van der Waals surface area contributed by atoms with E-state index < -0.39 is 11.4 Å². The highest BCUT2D eigenvalue weighted by Crippen LogP contribution is 2.37. The standard InChI is InChI=1S/C26H30FN3O3/c1-2-28-11-3-4-19-16-18(6-8-23(19)28)21-7-5-20(17-22(21)27)24(31)29-12-14-30(15-13-29)25(32)26(33)9-10-26/h5-8,16-17,33H,2-4,9-15H2,1H3. The predicted octanol–water partition coefficient (Wildman–Crippen LogP) is 3.07. The second-order valence-electron chi connectivity index (χ2n) is 9.34. The third-order valence-electron chi connectivity index (χ3n) is 7.18. The lowest BCUT2D eigenvalue weighted by atomic mass is 9.95. The summed E-state index contributed by atoms with van der Waals surface area (Å²) in [4.78, 5) is 30.9. The normalized spacial score (nSPS) is 19.3. The zero-order valence-corrected chi connectivity index (χ0v) is 19.0. The van der Waals surface area contributed by atoms with Crippen molar-refractivity contribution in [3.8, 4) is 11.1 Å². The molecule has 0 unspecified atom stereocenters. The van der Waals surface area contributed by atoms with E-state index in [9.17, 15) is 14.7 Å². The maximum Gasteiger partial charge on any atom is 0.254 e. The monoisotopic (exact) mass is 451 g/mol. The SMILES string of the molecule is CCN1CCCc2cc(-c3ccc(C(=O)N4CCN(C(=O)C5(O)CC5)CC4)cc3F)ccc21. The van der Waals surface area contributed by atoms with Crippen molar-refractivity contribution < 1.29 is 19.1 Å². The van der Waals surface area contributed by atoms with E-state index in [1.807, 2.05) is 6.07 Å². The van der Waals surface area contributed by atoms with Crippen molar-refractivity contribution in [2.75, 3.05) is 44.2 Å². The number of carbonyl (C=O) groups excluding carboxylic acids is 2. The van der Waals surface area contributed by atoms with Crippen LogP contribution in [0.4, 0.5) is 10.1 Å². The maximum atomic E-state index is 15.1. The van der Waals surface area contributed by atoms with Crippen molar-refractivity contribution in [2.24, 2.45) is 0 Å². The Labute approximate surface area is 193 Å². The molecule has 7 heteroatoms. The first kappa shape index (κ1) is 21.9. The first-order valence-corrected chi connectivity index (χ1v) is 11.9. The van der Waals surface area contributed by atoms with Gasteiger partial charge in [0.25, 0.3) is 11.8 Å². The fraction of sp³-hybridized carbons (Fsp3) is 0.462. The van der Waals surface area contributed by atoms with E-state index >= 15 is 4.39 Å². The molecule has 2 aromatic rings. The Balaban J connectivity index is 1.28. The smallest absolute Gasteiger partial charge is 0.254 e. The number of halogens is 1. The number of piperazine rings is 1. The largest absolute Gasteiger partial charge is 0.380 e. The summed E-state index contributed by atoms with van der Waals surface area (Å²) in [6.07, 6.45) is 3.11. The summed E-state index contributed by atoms with van der Waals surface area (Å²) >= 11 is 0. The second kappa shape index (κ2) is 8.45. The molecule has 2 aromatic carbocycles. The second-order valence-corrected chi connectivity index (χ2v) is 9.34. The molecule has 6 nitrogen and oxygen atoms in total. The van der Waals surface area contributed by atoms with Gasteiger partial charge in [-0.05, 0) is 68.0 Å². The van der Waals surface area contributed by atoms with E-state index in [4.69, 9.17) is 0 Å². The molecule has 0 aromatic heterocycles. The van der Waals surface area contributed by atoms with Gasteiger partial charge in [0, 0.05) is 56.1 Å². The third-order valence-corrected chi connectivity index (χ3v) is 7.18. The number of aliphatic hydroxyl groups is 1. The zero-order chi connectivity index (χ0) is 23.2. The van der Waals surface area contributed by atoms with Gasteiger partial charge in [0.15, 0.2) is 0 Å². The van der Waals surface area contributed by atoms with Crippen LogP contribution in [0.25, 0.3) is 11.1 Å². The fourth-order valence-electron chi connectivity index (χ4n) is 4.98. The number of amides is 2. The van der Waals surface area contributed by atoms with Gasteiger partial charge in [-0.25, -0.2) is 4.39 Å². The van der Waals surface area contributed by atoms with Crippen molar-refractivity contribution in [1.29, 1.82) is 0 Å². The molecule has 1 aliphatic carbocycles. The van der Waals surface area contributed by atoms with Gasteiger partial charge < -0.3 is 19.8 Å².